The molecular weight excluding hydrogens is 354 g/mol. The van der Waals surface area contributed by atoms with Crippen LogP contribution in [-0.2, 0) is 12.8 Å². The molecule has 0 radical (unpaired) electrons. The molecule has 3 aromatic heterocycles. The predicted octanol–water partition coefficient (Wildman–Crippen LogP) is 3.97. The average Bonchev–Trinajstić information content (AvgIpc) is 3.37. The highest BCUT2D eigenvalue weighted by Gasteiger charge is 2.13. The summed E-state index contributed by atoms with van der Waals surface area (Å²) in [6, 6.07) is 11.0. The van der Waals surface area contributed by atoms with Gasteiger partial charge in [-0.25, -0.2) is 0 Å². The molecular formula is C19H16ClN3O3. The van der Waals surface area contributed by atoms with E-state index in [1.54, 1.807) is 18.4 Å². The molecule has 3 heterocycles. The number of furan rings is 1. The lowest BCUT2D eigenvalue weighted by molar-refractivity contribution is 0.0945. The van der Waals surface area contributed by atoms with Crippen LogP contribution in [0, 0.1) is 0 Å². The molecule has 1 aromatic carbocycles. The van der Waals surface area contributed by atoms with E-state index in [0.29, 0.717) is 30.2 Å². The molecule has 0 unspecified atom stereocenters. The van der Waals surface area contributed by atoms with Crippen molar-refractivity contribution in [3.8, 4) is 0 Å². The third kappa shape index (κ3) is 3.50. The number of fused-ring (bicyclic) bond motifs is 1. The number of hydrogen-bond donors (Lipinski definition) is 2. The van der Waals surface area contributed by atoms with Crippen LogP contribution >= 0.6 is 11.6 Å². The second-order valence-electron chi connectivity index (χ2n) is 5.94. The zero-order chi connectivity index (χ0) is 17.9. The largest absolute Gasteiger partial charge is 0.469 e. The third-order valence-electron chi connectivity index (χ3n) is 4.13. The van der Waals surface area contributed by atoms with Crippen molar-refractivity contribution in [3.05, 3.63) is 76.7 Å². The Hall–Kier alpha value is -2.99. The van der Waals surface area contributed by atoms with Gasteiger partial charge in [-0.3, -0.25) is 4.79 Å². The van der Waals surface area contributed by atoms with Crippen LogP contribution in [0.4, 0.5) is 0 Å². The minimum atomic E-state index is -0.266. The normalized spacial score (nSPS) is 11.1. The van der Waals surface area contributed by atoms with E-state index in [0.717, 1.165) is 22.2 Å². The molecule has 1 amide bonds. The maximum Gasteiger partial charge on any atom is 0.273 e. The number of H-pyrrole nitrogens is 1. The monoisotopic (exact) mass is 369 g/mol. The van der Waals surface area contributed by atoms with Crippen LogP contribution in [0.1, 0.15) is 27.6 Å². The molecule has 0 saturated carbocycles. The van der Waals surface area contributed by atoms with Gasteiger partial charge in [0.1, 0.15) is 11.5 Å². The molecule has 0 spiro atoms. The van der Waals surface area contributed by atoms with E-state index >= 15 is 0 Å². The standard InChI is InChI=1S/C19H16ClN3O3/c20-13-3-4-17-16(8-13)12(11-22-17)5-6-21-19(24)18-10-15(26-23-18)9-14-2-1-7-25-14/h1-4,7-8,10-11,22H,5-6,9H2,(H,21,24). The summed E-state index contributed by atoms with van der Waals surface area (Å²) < 4.78 is 10.4. The second kappa shape index (κ2) is 7.09. The van der Waals surface area contributed by atoms with E-state index in [-0.39, 0.29) is 11.6 Å². The van der Waals surface area contributed by atoms with Crippen molar-refractivity contribution in [2.24, 2.45) is 0 Å². The number of aromatic nitrogens is 2. The van der Waals surface area contributed by atoms with Gasteiger partial charge in [-0.05, 0) is 42.3 Å². The quantitative estimate of drug-likeness (QED) is 0.538. The molecule has 132 valence electrons. The molecule has 0 atom stereocenters. The lowest BCUT2D eigenvalue weighted by atomic mass is 10.1. The summed E-state index contributed by atoms with van der Waals surface area (Å²) in [5.41, 5.74) is 2.38. The maximum atomic E-state index is 12.2. The van der Waals surface area contributed by atoms with Crippen molar-refractivity contribution < 1.29 is 13.7 Å². The first-order chi connectivity index (χ1) is 12.7. The number of nitrogens with one attached hydrogen (secondary N) is 2. The molecule has 0 saturated heterocycles. The summed E-state index contributed by atoms with van der Waals surface area (Å²) in [7, 11) is 0. The second-order valence-corrected chi connectivity index (χ2v) is 6.38. The number of carbonyl (C=O) groups is 1. The Morgan fingerprint density at radius 3 is 3.00 bits per heavy atom. The summed E-state index contributed by atoms with van der Waals surface area (Å²) in [6.07, 6.45) is 4.68. The molecule has 4 rings (SSSR count). The van der Waals surface area contributed by atoms with Gasteiger partial charge < -0.3 is 19.2 Å². The number of halogens is 1. The van der Waals surface area contributed by atoms with Crippen LogP contribution in [0.2, 0.25) is 5.02 Å². The van der Waals surface area contributed by atoms with Crippen LogP contribution in [0.3, 0.4) is 0 Å². The van der Waals surface area contributed by atoms with Crippen LogP contribution in [-0.4, -0.2) is 22.6 Å². The lowest BCUT2D eigenvalue weighted by Gasteiger charge is -2.02. The molecule has 0 aliphatic heterocycles. The van der Waals surface area contributed by atoms with Gasteiger partial charge in [-0.1, -0.05) is 16.8 Å². The van der Waals surface area contributed by atoms with Gasteiger partial charge in [0.15, 0.2) is 5.69 Å². The first-order valence-electron chi connectivity index (χ1n) is 8.21. The summed E-state index contributed by atoms with van der Waals surface area (Å²) in [5.74, 6) is 1.07. The van der Waals surface area contributed by atoms with E-state index in [2.05, 4.69) is 15.5 Å². The number of nitrogens with zero attached hydrogens (tertiary/aromatic N) is 1. The van der Waals surface area contributed by atoms with Gasteiger partial charge in [0.05, 0.1) is 12.7 Å². The van der Waals surface area contributed by atoms with Crippen LogP contribution in [0.25, 0.3) is 10.9 Å². The van der Waals surface area contributed by atoms with E-state index in [4.69, 9.17) is 20.5 Å². The Bertz CT molecular complexity index is 1030. The van der Waals surface area contributed by atoms with Crippen LogP contribution in [0.15, 0.2) is 57.8 Å². The molecule has 2 N–H and O–H groups in total. The van der Waals surface area contributed by atoms with Gasteiger partial charge >= 0.3 is 0 Å². The summed E-state index contributed by atoms with van der Waals surface area (Å²) >= 11 is 6.06. The highest BCUT2D eigenvalue weighted by Crippen LogP contribution is 2.22. The van der Waals surface area contributed by atoms with Crippen molar-refractivity contribution >= 4 is 28.4 Å². The fourth-order valence-corrected chi connectivity index (χ4v) is 3.02. The molecule has 0 bridgehead atoms. The van der Waals surface area contributed by atoms with Gasteiger partial charge in [0, 0.05) is 34.7 Å². The summed E-state index contributed by atoms with van der Waals surface area (Å²) in [4.78, 5) is 15.4. The SMILES string of the molecule is O=C(NCCc1c[nH]c2ccc(Cl)cc12)c1cc(Cc2ccco2)on1. The number of amides is 1. The number of aromatic amines is 1. The Balaban J connectivity index is 1.35. The molecule has 0 fully saturated rings. The summed E-state index contributed by atoms with van der Waals surface area (Å²) in [6.45, 7) is 0.485. The van der Waals surface area contributed by atoms with E-state index in [1.807, 2.05) is 30.5 Å². The minimum absolute atomic E-state index is 0.258. The maximum absolute atomic E-state index is 12.2. The molecule has 4 aromatic rings. The van der Waals surface area contributed by atoms with Crippen molar-refractivity contribution in [2.45, 2.75) is 12.8 Å². The first-order valence-corrected chi connectivity index (χ1v) is 8.58. The molecule has 7 heteroatoms. The van der Waals surface area contributed by atoms with Crippen molar-refractivity contribution in [1.82, 2.24) is 15.5 Å². The fourth-order valence-electron chi connectivity index (χ4n) is 2.85. The Morgan fingerprint density at radius 2 is 2.15 bits per heavy atom. The van der Waals surface area contributed by atoms with Crippen LogP contribution in [0.5, 0.6) is 0 Å². The van der Waals surface area contributed by atoms with Gasteiger partial charge in [-0.2, -0.15) is 0 Å². The smallest absolute Gasteiger partial charge is 0.273 e. The van der Waals surface area contributed by atoms with Crippen molar-refractivity contribution in [2.75, 3.05) is 6.54 Å². The number of rotatable bonds is 6. The zero-order valence-electron chi connectivity index (χ0n) is 13.8. The average molecular weight is 370 g/mol. The molecule has 6 nitrogen and oxygen atoms in total. The topological polar surface area (TPSA) is 84.1 Å². The van der Waals surface area contributed by atoms with Gasteiger partial charge in [0.25, 0.3) is 5.91 Å². The van der Waals surface area contributed by atoms with Crippen molar-refractivity contribution in [3.63, 3.8) is 0 Å². The predicted molar refractivity (Wildman–Crippen MR) is 97.4 cm³/mol. The minimum Gasteiger partial charge on any atom is -0.469 e. The fraction of sp³-hybridized carbons (Fsp3) is 0.158. The Kier molecular flexibility index (Phi) is 4.50. The number of hydrogen-bond acceptors (Lipinski definition) is 4. The number of benzene rings is 1. The van der Waals surface area contributed by atoms with E-state index < -0.39 is 0 Å². The summed E-state index contributed by atoms with van der Waals surface area (Å²) in [5, 5.41) is 8.43. The zero-order valence-corrected chi connectivity index (χ0v) is 14.5. The first kappa shape index (κ1) is 16.5. The third-order valence-corrected chi connectivity index (χ3v) is 4.36. The Morgan fingerprint density at radius 1 is 1.23 bits per heavy atom. The van der Waals surface area contributed by atoms with Crippen molar-refractivity contribution in [1.29, 1.82) is 0 Å². The lowest BCUT2D eigenvalue weighted by Crippen LogP contribution is -2.25. The van der Waals surface area contributed by atoms with E-state index in [9.17, 15) is 4.79 Å². The van der Waals surface area contributed by atoms with E-state index in [1.165, 1.54) is 0 Å². The highest BCUT2D eigenvalue weighted by atomic mass is 35.5. The Labute approximate surface area is 154 Å². The van der Waals surface area contributed by atoms with Gasteiger partial charge in [-0.15, -0.1) is 0 Å². The number of carbonyl (C=O) groups excluding carboxylic acids is 1. The molecule has 0 aliphatic rings. The molecule has 26 heavy (non-hydrogen) atoms. The highest BCUT2D eigenvalue weighted by molar-refractivity contribution is 6.31. The van der Waals surface area contributed by atoms with Gasteiger partial charge in [0.2, 0.25) is 0 Å². The van der Waals surface area contributed by atoms with Crippen LogP contribution < -0.4 is 5.32 Å². The molecule has 0 aliphatic carbocycles.